The lowest BCUT2D eigenvalue weighted by Gasteiger charge is -2.19. The molecule has 4 nitrogen and oxygen atoms in total. The Balaban J connectivity index is 3.37. The Labute approximate surface area is 392 Å². The average molecular weight is 876 g/mol. The second-order valence-corrected chi connectivity index (χ2v) is 18.2. The van der Waals surface area contributed by atoms with E-state index in [0.29, 0.717) is 6.42 Å². The summed E-state index contributed by atoms with van der Waals surface area (Å²) in [6.07, 6.45) is 79.2. The van der Waals surface area contributed by atoms with Gasteiger partial charge >= 0.3 is 0 Å². The number of carbonyl (C=O) groups excluding carboxylic acids is 1. The van der Waals surface area contributed by atoms with Gasteiger partial charge in [0.15, 0.2) is 0 Å². The molecule has 0 aromatic carbocycles. The Morgan fingerprint density at radius 1 is 0.381 bits per heavy atom. The summed E-state index contributed by atoms with van der Waals surface area (Å²) < 4.78 is 0. The van der Waals surface area contributed by atoms with Crippen molar-refractivity contribution >= 4 is 5.91 Å². The van der Waals surface area contributed by atoms with Crippen molar-refractivity contribution in [3.63, 3.8) is 0 Å². The van der Waals surface area contributed by atoms with Crippen LogP contribution in [0.25, 0.3) is 0 Å². The largest absolute Gasteiger partial charge is 0.394 e. The molecule has 0 aliphatic carbocycles. The Kier molecular flexibility index (Phi) is 51.8. The first-order valence-corrected chi connectivity index (χ1v) is 27.3. The van der Waals surface area contributed by atoms with Gasteiger partial charge in [-0.05, 0) is 77.0 Å². The first kappa shape index (κ1) is 60.6. The number of rotatable bonds is 49. The Hall–Kier alpha value is -2.43. The number of nitrogens with one attached hydrogen (secondary N) is 1. The lowest BCUT2D eigenvalue weighted by atomic mass is 10.0. The van der Waals surface area contributed by atoms with E-state index in [0.717, 1.165) is 70.6 Å². The van der Waals surface area contributed by atoms with Gasteiger partial charge in [0.2, 0.25) is 5.91 Å². The molecule has 0 saturated carbocycles. The van der Waals surface area contributed by atoms with Gasteiger partial charge < -0.3 is 15.5 Å². The van der Waals surface area contributed by atoms with Gasteiger partial charge in [-0.1, -0.05) is 266 Å². The molecule has 4 heteroatoms. The van der Waals surface area contributed by atoms with Crippen LogP contribution in [-0.4, -0.2) is 34.9 Å². The summed E-state index contributed by atoms with van der Waals surface area (Å²) in [4.78, 5) is 12.4. The smallest absolute Gasteiger partial charge is 0.220 e. The molecule has 364 valence electrons. The summed E-state index contributed by atoms with van der Waals surface area (Å²) in [5.74, 6) is -0.0786. The number of aliphatic hydroxyl groups excluding tert-OH is 2. The molecule has 2 unspecified atom stereocenters. The molecule has 0 rings (SSSR count). The first-order chi connectivity index (χ1) is 31.2. The highest BCUT2D eigenvalue weighted by molar-refractivity contribution is 5.76. The minimum atomic E-state index is -0.869. The second kappa shape index (κ2) is 53.9. The standard InChI is InChI=1S/C59H105NO3/c1-3-5-7-9-11-13-15-16-17-18-19-20-21-22-23-24-25-26-27-28-29-30-31-32-33-34-35-36-37-38-39-40-41-42-43-44-45-47-49-51-53-55-59(63)60-57(56-61)58(62)54-52-50-48-46-14-12-10-8-6-4-2/h5-8,11,13-14,16-17,19-20,46,52,54,57-58,61-62H,3-4,9-10,12,15,18,21-45,47-51,53,55-56H2,1-2H3,(H,60,63)/b7-5-,8-6+,13-11-,17-16-,20-19-,46-14+,54-52+. The van der Waals surface area contributed by atoms with E-state index in [-0.39, 0.29) is 12.5 Å². The zero-order valence-electron chi connectivity index (χ0n) is 41.8. The highest BCUT2D eigenvalue weighted by Gasteiger charge is 2.17. The summed E-state index contributed by atoms with van der Waals surface area (Å²) >= 11 is 0. The fraction of sp³-hybridized carbons (Fsp3) is 0.746. The zero-order chi connectivity index (χ0) is 45.6. The maximum absolute atomic E-state index is 12.4. The van der Waals surface area contributed by atoms with Gasteiger partial charge in [-0.2, -0.15) is 0 Å². The topological polar surface area (TPSA) is 69.6 Å². The van der Waals surface area contributed by atoms with Crippen LogP contribution in [0.15, 0.2) is 85.1 Å². The molecule has 1 amide bonds. The molecular weight excluding hydrogens is 771 g/mol. The van der Waals surface area contributed by atoms with Crippen LogP contribution in [-0.2, 0) is 4.79 Å². The highest BCUT2D eigenvalue weighted by atomic mass is 16.3. The highest BCUT2D eigenvalue weighted by Crippen LogP contribution is 2.17. The monoisotopic (exact) mass is 876 g/mol. The number of unbranched alkanes of at least 4 members (excludes halogenated alkanes) is 30. The van der Waals surface area contributed by atoms with Crippen LogP contribution >= 0.6 is 0 Å². The molecule has 0 aliphatic heterocycles. The van der Waals surface area contributed by atoms with Gasteiger partial charge in [0.25, 0.3) is 0 Å². The Bertz CT molecular complexity index is 1130. The minimum absolute atomic E-state index is 0.0786. The van der Waals surface area contributed by atoms with E-state index in [9.17, 15) is 15.0 Å². The van der Waals surface area contributed by atoms with Gasteiger partial charge in [0.1, 0.15) is 0 Å². The van der Waals surface area contributed by atoms with Crippen LogP contribution in [0, 0.1) is 0 Å². The molecule has 2 atom stereocenters. The predicted octanol–water partition coefficient (Wildman–Crippen LogP) is 18.0. The van der Waals surface area contributed by atoms with Gasteiger partial charge in [-0.3, -0.25) is 4.79 Å². The lowest BCUT2D eigenvalue weighted by Crippen LogP contribution is -2.45. The van der Waals surface area contributed by atoms with Crippen molar-refractivity contribution in [1.29, 1.82) is 0 Å². The normalized spacial score (nSPS) is 13.5. The van der Waals surface area contributed by atoms with Crippen molar-refractivity contribution < 1.29 is 15.0 Å². The molecule has 0 heterocycles. The SMILES string of the molecule is CC/C=C\C/C=C\C/C=C\C/C=C\CCCCCCCCCCCCCCCCCCCCCCCCCCCCCCC(=O)NC(CO)C(O)/C=C/CC/C=C/CC/C=C/CC. The molecule has 0 aromatic heterocycles. The minimum Gasteiger partial charge on any atom is -0.394 e. The molecule has 63 heavy (non-hydrogen) atoms. The molecular formula is C59H105NO3. The molecule has 0 saturated heterocycles. The maximum atomic E-state index is 12.4. The molecule has 0 bridgehead atoms. The number of hydrogen-bond donors (Lipinski definition) is 3. The van der Waals surface area contributed by atoms with E-state index in [1.54, 1.807) is 6.08 Å². The summed E-state index contributed by atoms with van der Waals surface area (Å²) in [5, 5.41) is 22.9. The number of carbonyl (C=O) groups is 1. The van der Waals surface area contributed by atoms with E-state index >= 15 is 0 Å². The molecule has 0 fully saturated rings. The quantitative estimate of drug-likeness (QED) is 0.0421. The van der Waals surface area contributed by atoms with E-state index in [1.165, 1.54) is 173 Å². The van der Waals surface area contributed by atoms with E-state index in [4.69, 9.17) is 0 Å². The van der Waals surface area contributed by atoms with Gasteiger partial charge in [0, 0.05) is 6.42 Å². The molecule has 3 N–H and O–H groups in total. The number of hydrogen-bond acceptors (Lipinski definition) is 3. The van der Waals surface area contributed by atoms with Gasteiger partial charge in [-0.25, -0.2) is 0 Å². The molecule has 0 spiro atoms. The van der Waals surface area contributed by atoms with Crippen LogP contribution in [0.4, 0.5) is 0 Å². The third kappa shape index (κ3) is 50.4. The predicted molar refractivity (Wildman–Crippen MR) is 280 cm³/mol. The van der Waals surface area contributed by atoms with Crippen LogP contribution < -0.4 is 5.32 Å². The van der Waals surface area contributed by atoms with E-state index in [1.807, 2.05) is 6.08 Å². The van der Waals surface area contributed by atoms with Gasteiger partial charge in [-0.15, -0.1) is 0 Å². The van der Waals surface area contributed by atoms with E-state index < -0.39 is 12.1 Å². The zero-order valence-corrected chi connectivity index (χ0v) is 41.8. The van der Waals surface area contributed by atoms with Crippen LogP contribution in [0.3, 0.4) is 0 Å². The third-order valence-corrected chi connectivity index (χ3v) is 12.1. The Morgan fingerprint density at radius 2 is 0.667 bits per heavy atom. The number of amides is 1. The van der Waals surface area contributed by atoms with Crippen molar-refractivity contribution in [3.05, 3.63) is 85.1 Å². The first-order valence-electron chi connectivity index (χ1n) is 27.3. The number of aliphatic hydroxyl groups is 2. The lowest BCUT2D eigenvalue weighted by molar-refractivity contribution is -0.123. The van der Waals surface area contributed by atoms with Gasteiger partial charge in [0.05, 0.1) is 18.8 Å². The fourth-order valence-corrected chi connectivity index (χ4v) is 8.03. The van der Waals surface area contributed by atoms with Crippen LogP contribution in [0.5, 0.6) is 0 Å². The summed E-state index contributed by atoms with van der Waals surface area (Å²) in [7, 11) is 0. The van der Waals surface area contributed by atoms with Crippen molar-refractivity contribution in [1.82, 2.24) is 5.32 Å². The number of allylic oxidation sites excluding steroid dienone is 13. The van der Waals surface area contributed by atoms with Crippen LogP contribution in [0.1, 0.15) is 264 Å². The summed E-state index contributed by atoms with van der Waals surface area (Å²) in [6.45, 7) is 4.06. The fourth-order valence-electron chi connectivity index (χ4n) is 8.03. The van der Waals surface area contributed by atoms with E-state index in [2.05, 4.69) is 92.1 Å². The molecule has 0 aliphatic rings. The molecule has 0 aromatic rings. The summed E-state index contributed by atoms with van der Waals surface area (Å²) in [6, 6.07) is -0.644. The second-order valence-electron chi connectivity index (χ2n) is 18.2. The third-order valence-electron chi connectivity index (χ3n) is 12.1. The maximum Gasteiger partial charge on any atom is 0.220 e. The Morgan fingerprint density at radius 3 is 1.05 bits per heavy atom. The van der Waals surface area contributed by atoms with Crippen LogP contribution in [0.2, 0.25) is 0 Å². The summed E-state index contributed by atoms with van der Waals surface area (Å²) in [5.41, 5.74) is 0. The molecule has 0 radical (unpaired) electrons. The van der Waals surface area contributed by atoms with Crippen molar-refractivity contribution in [2.75, 3.05) is 6.61 Å². The van der Waals surface area contributed by atoms with Crippen molar-refractivity contribution in [3.8, 4) is 0 Å². The average Bonchev–Trinajstić information content (AvgIpc) is 3.29. The van der Waals surface area contributed by atoms with Crippen molar-refractivity contribution in [2.45, 2.75) is 276 Å². The van der Waals surface area contributed by atoms with Crippen molar-refractivity contribution in [2.24, 2.45) is 0 Å².